The third-order valence-corrected chi connectivity index (χ3v) is 13.2. The van der Waals surface area contributed by atoms with Crippen molar-refractivity contribution in [2.24, 2.45) is 0 Å². The summed E-state index contributed by atoms with van der Waals surface area (Å²) in [5.41, 5.74) is 2.26. The first-order valence-corrected chi connectivity index (χ1v) is 19.8. The van der Waals surface area contributed by atoms with E-state index in [1.165, 1.54) is 59.2 Å². The number of aromatic nitrogens is 1. The highest BCUT2D eigenvalue weighted by Crippen LogP contribution is 2.58. The van der Waals surface area contributed by atoms with Gasteiger partial charge in [-0.2, -0.15) is 4.57 Å². The first-order valence-electron chi connectivity index (χ1n) is 15.9. The minimum absolute atomic E-state index is 0.0912. The fourth-order valence-electron chi connectivity index (χ4n) is 6.49. The highest BCUT2D eigenvalue weighted by Gasteiger charge is 2.60. The lowest BCUT2D eigenvalue weighted by atomic mass is 10.1. The van der Waals surface area contributed by atoms with Crippen LogP contribution in [0.1, 0.15) is 41.6 Å². The lowest BCUT2D eigenvalue weighted by Gasteiger charge is -2.49. The van der Waals surface area contributed by atoms with Gasteiger partial charge in [0.05, 0.1) is 35.9 Å². The predicted molar refractivity (Wildman–Crippen MR) is 197 cm³/mol. The number of carboxylic acid groups (broad SMARTS) is 1. The molecule has 1 spiro atoms. The Morgan fingerprint density at radius 1 is 1.12 bits per heavy atom. The van der Waals surface area contributed by atoms with Crippen LogP contribution < -0.4 is 24.4 Å². The van der Waals surface area contributed by atoms with Gasteiger partial charge in [0.1, 0.15) is 16.7 Å². The number of benzene rings is 3. The summed E-state index contributed by atoms with van der Waals surface area (Å²) in [5.74, 6) is -1.96. The Labute approximate surface area is 313 Å². The van der Waals surface area contributed by atoms with E-state index in [0.717, 1.165) is 25.1 Å². The molecule has 0 radical (unpaired) electrons. The van der Waals surface area contributed by atoms with Crippen molar-refractivity contribution in [2.45, 2.75) is 49.0 Å². The maximum absolute atomic E-state index is 13.1. The van der Waals surface area contributed by atoms with Crippen LogP contribution in [0.25, 0.3) is 16.3 Å². The average molecular weight is 788 g/mol. The van der Waals surface area contributed by atoms with Crippen molar-refractivity contribution in [3.8, 4) is 0 Å². The van der Waals surface area contributed by atoms with Crippen LogP contribution >= 0.6 is 46.3 Å². The van der Waals surface area contributed by atoms with Crippen molar-refractivity contribution >= 4 is 102 Å². The molecular formula is C35H32Cl2N4O7S3. The molecule has 1 amide bonds. The Morgan fingerprint density at radius 3 is 2.47 bits per heavy atom. The van der Waals surface area contributed by atoms with Gasteiger partial charge in [0, 0.05) is 46.4 Å². The SMILES string of the molecule is C=C(C(=O)NCCCC[n+]1c(/C=C2\Sc3ccc(Cl)cc3[N+]23CCC3S(=O)(=O)[O-])sc2ccc(Cl)cc21)N(c1ccc(C=O)cc1)C(C)C(=O)[O-]. The molecule has 266 valence electrons. The van der Waals surface area contributed by atoms with Gasteiger partial charge in [0.15, 0.2) is 32.8 Å². The number of nitrogens with zero attached hydrogens (tertiary/aromatic N) is 3. The first-order chi connectivity index (χ1) is 24.2. The third kappa shape index (κ3) is 7.18. The van der Waals surface area contributed by atoms with Crippen molar-refractivity contribution in [2.75, 3.05) is 18.0 Å². The number of hydrogen-bond acceptors (Lipinski definition) is 10. The average Bonchev–Trinajstić information content (AvgIpc) is 3.58. The van der Waals surface area contributed by atoms with Crippen LogP contribution in [0.2, 0.25) is 10.0 Å². The summed E-state index contributed by atoms with van der Waals surface area (Å²) in [6, 6.07) is 15.8. The lowest BCUT2D eigenvalue weighted by Crippen LogP contribution is -2.66. The van der Waals surface area contributed by atoms with Crippen molar-refractivity contribution < 1.29 is 37.0 Å². The number of fused-ring (bicyclic) bond motifs is 3. The molecule has 2 aliphatic rings. The number of carbonyl (C=O) groups excluding carboxylic acids is 3. The van der Waals surface area contributed by atoms with Gasteiger partial charge in [-0.05, 0) is 73.6 Å². The van der Waals surface area contributed by atoms with Crippen molar-refractivity contribution in [1.82, 2.24) is 9.80 Å². The second kappa shape index (κ2) is 14.7. The van der Waals surface area contributed by atoms with E-state index in [1.807, 2.05) is 24.3 Å². The van der Waals surface area contributed by atoms with Gasteiger partial charge < -0.3 is 24.7 Å². The van der Waals surface area contributed by atoms with Gasteiger partial charge in [-0.3, -0.25) is 9.59 Å². The number of carboxylic acids is 1. The molecule has 51 heavy (non-hydrogen) atoms. The van der Waals surface area contributed by atoms with E-state index in [-0.39, 0.29) is 23.1 Å². The third-order valence-electron chi connectivity index (χ3n) is 9.13. The smallest absolute Gasteiger partial charge is 0.269 e. The van der Waals surface area contributed by atoms with Gasteiger partial charge in [0.25, 0.3) is 10.9 Å². The molecule has 1 saturated heterocycles. The number of unbranched alkanes of at least 4 members (excludes halogenated alkanes) is 1. The largest absolute Gasteiger partial charge is 0.743 e. The number of anilines is 1. The van der Waals surface area contributed by atoms with Crippen LogP contribution in [0.5, 0.6) is 0 Å². The number of hydrogen-bond donors (Lipinski definition) is 1. The molecule has 1 aromatic heterocycles. The van der Waals surface area contributed by atoms with Crippen LogP contribution in [0.3, 0.4) is 0 Å². The minimum Gasteiger partial charge on any atom is -0.743 e. The number of rotatable bonds is 13. The van der Waals surface area contributed by atoms with Gasteiger partial charge in [-0.15, -0.1) is 0 Å². The monoisotopic (exact) mass is 786 g/mol. The van der Waals surface area contributed by atoms with Gasteiger partial charge in [0.2, 0.25) is 5.52 Å². The Bertz CT molecular complexity index is 2210. The van der Waals surface area contributed by atoms with Crippen molar-refractivity contribution in [3.05, 3.63) is 98.6 Å². The zero-order valence-corrected chi connectivity index (χ0v) is 31.2. The summed E-state index contributed by atoms with van der Waals surface area (Å²) < 4.78 is 40.4. The van der Waals surface area contributed by atoms with Gasteiger partial charge >= 0.3 is 0 Å². The number of quaternary nitrogens is 1. The van der Waals surface area contributed by atoms with Crippen molar-refractivity contribution in [3.63, 3.8) is 0 Å². The van der Waals surface area contributed by atoms with Gasteiger partial charge in [-0.25, -0.2) is 12.9 Å². The van der Waals surface area contributed by atoms with Crippen LogP contribution in [0.15, 0.2) is 82.9 Å². The summed E-state index contributed by atoms with van der Waals surface area (Å²) in [5, 5.41) is 16.0. The number of carbonyl (C=O) groups is 3. The van der Waals surface area contributed by atoms with E-state index < -0.39 is 33.4 Å². The molecule has 2 aliphatic heterocycles. The number of thiazole rings is 1. The molecule has 16 heteroatoms. The Morgan fingerprint density at radius 2 is 1.82 bits per heavy atom. The molecule has 3 heterocycles. The number of aliphatic carboxylic acids is 1. The van der Waals surface area contributed by atoms with Crippen LogP contribution in [-0.2, 0) is 26.3 Å². The van der Waals surface area contributed by atoms with Crippen LogP contribution in [0, 0.1) is 0 Å². The number of thioether (sulfide) groups is 1. The molecule has 3 atom stereocenters. The zero-order chi connectivity index (χ0) is 36.7. The normalized spacial score (nSPS) is 19.5. The number of aryl methyl sites for hydroxylation is 1. The Hall–Kier alpha value is -3.76. The summed E-state index contributed by atoms with van der Waals surface area (Å²) in [4.78, 5) is 38.1. The fourth-order valence-corrected chi connectivity index (χ4v) is 10.6. The Balaban J connectivity index is 1.20. The van der Waals surface area contributed by atoms with Crippen LogP contribution in [-0.4, -0.2) is 55.6 Å². The standard InChI is InChI=1S/C35H32Cl2N4O7S3/c1-21(40(22(2)35(44)45)26-9-5-23(20-42)6-10-26)34(43)38-14-3-4-15-39-27-17-24(36)7-11-29(27)49-31(39)19-32-41(16-13-33(41)51(46,47)48)28-18-25(37)8-12-30(28)50-32/h5-12,17-20,22,33H,1,3-4,13-16H2,2H3,(H-2,38,43,44,45,46,47,48)/b32-19-. The molecular weight excluding hydrogens is 756 g/mol. The molecule has 4 aromatic rings. The van der Waals surface area contributed by atoms with E-state index in [4.69, 9.17) is 23.2 Å². The number of amides is 1. The summed E-state index contributed by atoms with van der Waals surface area (Å²) in [6.07, 6.45) is 4.03. The molecule has 6 rings (SSSR count). The summed E-state index contributed by atoms with van der Waals surface area (Å²) in [6.45, 7) is 6.47. The Kier molecular flexibility index (Phi) is 10.7. The second-order valence-electron chi connectivity index (χ2n) is 12.2. The van der Waals surface area contributed by atoms with Crippen molar-refractivity contribution in [1.29, 1.82) is 0 Å². The second-order valence-corrected chi connectivity index (χ2v) is 16.7. The van der Waals surface area contributed by atoms with Crippen LogP contribution in [0.4, 0.5) is 11.4 Å². The first kappa shape index (κ1) is 37.0. The van der Waals surface area contributed by atoms with E-state index in [2.05, 4.69) is 16.5 Å². The number of aldehydes is 1. The highest BCUT2D eigenvalue weighted by atomic mass is 35.5. The summed E-state index contributed by atoms with van der Waals surface area (Å²) in [7, 11) is -4.63. The molecule has 0 saturated carbocycles. The minimum atomic E-state index is -4.63. The number of halogens is 2. The molecule has 0 bridgehead atoms. The predicted octanol–water partition coefficient (Wildman–Crippen LogP) is 5.05. The zero-order valence-electron chi connectivity index (χ0n) is 27.2. The quantitative estimate of drug-likeness (QED) is 0.0491. The topological polar surface area (TPSA) is 151 Å². The number of nitrogens with one attached hydrogen (secondary N) is 1. The van der Waals surface area contributed by atoms with E-state index >= 15 is 0 Å². The summed E-state index contributed by atoms with van der Waals surface area (Å²) >= 11 is 15.7. The highest BCUT2D eigenvalue weighted by molar-refractivity contribution is 8.03. The molecule has 1 N–H and O–H groups in total. The molecule has 0 aliphatic carbocycles. The van der Waals surface area contributed by atoms with E-state index in [0.29, 0.717) is 59.2 Å². The lowest BCUT2D eigenvalue weighted by molar-refractivity contribution is -0.669. The maximum atomic E-state index is 13.1. The molecule has 11 nitrogen and oxygen atoms in total. The fraction of sp³-hybridized carbons (Fsp3) is 0.257. The molecule has 3 aromatic carbocycles. The van der Waals surface area contributed by atoms with E-state index in [1.54, 1.807) is 18.2 Å². The maximum Gasteiger partial charge on any atom is 0.269 e. The molecule has 1 fully saturated rings. The van der Waals surface area contributed by atoms with Gasteiger partial charge in [-0.1, -0.05) is 41.1 Å². The van der Waals surface area contributed by atoms with E-state index in [9.17, 15) is 32.5 Å². The molecule has 3 unspecified atom stereocenters.